The van der Waals surface area contributed by atoms with Crippen molar-refractivity contribution in [2.75, 3.05) is 11.4 Å². The van der Waals surface area contributed by atoms with Gasteiger partial charge in [-0.05, 0) is 54.2 Å². The Morgan fingerprint density at radius 2 is 1.72 bits per heavy atom. The summed E-state index contributed by atoms with van der Waals surface area (Å²) in [5.41, 5.74) is 2.62. The summed E-state index contributed by atoms with van der Waals surface area (Å²) < 4.78 is 0. The molecule has 4 rings (SSSR count). The van der Waals surface area contributed by atoms with Gasteiger partial charge in [0.15, 0.2) is 0 Å². The van der Waals surface area contributed by atoms with Gasteiger partial charge in [-0.1, -0.05) is 63.4 Å². The summed E-state index contributed by atoms with van der Waals surface area (Å²) in [5, 5.41) is 2.66. The van der Waals surface area contributed by atoms with E-state index in [0.717, 1.165) is 19.4 Å². The van der Waals surface area contributed by atoms with E-state index < -0.39 is 0 Å². The van der Waals surface area contributed by atoms with Crippen LogP contribution >= 0.6 is 0 Å². The fraction of sp³-hybridized carbons (Fsp3) is 0.462. The van der Waals surface area contributed by atoms with Gasteiger partial charge < -0.3 is 4.90 Å². The predicted molar refractivity (Wildman–Crippen MR) is 122 cm³/mol. The molecule has 0 amide bonds. The molecule has 3 heteroatoms. The second kappa shape index (κ2) is 9.39. The maximum atomic E-state index is 5.06. The molecule has 1 aliphatic carbocycles. The maximum absolute atomic E-state index is 5.06. The predicted octanol–water partition coefficient (Wildman–Crippen LogP) is 6.21. The molecule has 2 heterocycles. The molecule has 0 N–H and O–H groups in total. The van der Waals surface area contributed by atoms with E-state index in [4.69, 9.17) is 4.98 Å². The Bertz CT molecular complexity index is 914. The van der Waals surface area contributed by atoms with Crippen LogP contribution < -0.4 is 4.90 Å². The third kappa shape index (κ3) is 4.77. The number of pyridine rings is 2. The van der Waals surface area contributed by atoms with Crippen LogP contribution in [-0.4, -0.2) is 22.6 Å². The third-order valence-electron chi connectivity index (χ3n) is 6.11. The van der Waals surface area contributed by atoms with Crippen molar-refractivity contribution < 1.29 is 0 Å². The Hall–Kier alpha value is -2.42. The smallest absolute Gasteiger partial charge is 0.136 e. The second-order valence-electron chi connectivity index (χ2n) is 8.85. The molecule has 29 heavy (non-hydrogen) atoms. The van der Waals surface area contributed by atoms with Gasteiger partial charge in [0.1, 0.15) is 5.82 Å². The molecule has 0 radical (unpaired) electrons. The molecule has 0 spiro atoms. The van der Waals surface area contributed by atoms with Crippen molar-refractivity contribution in [1.29, 1.82) is 0 Å². The molecule has 152 valence electrons. The molecule has 2 aromatic heterocycles. The fourth-order valence-electron chi connectivity index (χ4n) is 4.68. The minimum absolute atomic E-state index is 0.628. The Morgan fingerprint density at radius 1 is 0.931 bits per heavy atom. The summed E-state index contributed by atoms with van der Waals surface area (Å²) in [6.07, 6.45) is 14.6. The molecule has 0 atom stereocenters. The molecular weight excluding hydrogens is 354 g/mol. The van der Waals surface area contributed by atoms with Gasteiger partial charge in [0.05, 0.1) is 0 Å². The van der Waals surface area contributed by atoms with E-state index in [0.29, 0.717) is 12.0 Å². The number of hydrogen-bond acceptors (Lipinski definition) is 3. The summed E-state index contributed by atoms with van der Waals surface area (Å²) >= 11 is 0. The summed E-state index contributed by atoms with van der Waals surface area (Å²) in [6.45, 7) is 5.72. The number of anilines is 1. The van der Waals surface area contributed by atoms with Crippen LogP contribution in [0.5, 0.6) is 0 Å². The van der Waals surface area contributed by atoms with E-state index in [1.165, 1.54) is 59.8 Å². The van der Waals surface area contributed by atoms with Crippen LogP contribution in [0.25, 0.3) is 10.8 Å². The first-order chi connectivity index (χ1) is 14.2. The molecule has 0 unspecified atom stereocenters. The van der Waals surface area contributed by atoms with Crippen molar-refractivity contribution >= 4 is 16.6 Å². The van der Waals surface area contributed by atoms with E-state index in [1.807, 2.05) is 18.5 Å². The molecule has 3 nitrogen and oxygen atoms in total. The van der Waals surface area contributed by atoms with Crippen molar-refractivity contribution in [3.05, 3.63) is 66.1 Å². The highest BCUT2D eigenvalue weighted by Crippen LogP contribution is 2.33. The number of nitrogens with zero attached hydrogens (tertiary/aromatic N) is 3. The number of aromatic nitrogens is 2. The normalized spacial score (nSPS) is 15.1. The topological polar surface area (TPSA) is 29.0 Å². The monoisotopic (exact) mass is 387 g/mol. The number of benzene rings is 1. The van der Waals surface area contributed by atoms with Gasteiger partial charge in [0, 0.05) is 36.6 Å². The van der Waals surface area contributed by atoms with Crippen molar-refractivity contribution in [3.8, 4) is 0 Å². The fourth-order valence-corrected chi connectivity index (χ4v) is 4.68. The average molecular weight is 388 g/mol. The number of aryl methyl sites for hydroxylation is 2. The Kier molecular flexibility index (Phi) is 6.43. The number of fused-ring (bicyclic) bond motifs is 1. The highest BCUT2D eigenvalue weighted by atomic mass is 15.2. The van der Waals surface area contributed by atoms with Gasteiger partial charge in [-0.25, -0.2) is 4.98 Å². The number of hydrogen-bond donors (Lipinski definition) is 0. The SMILES string of the molecule is CC(C)CN(c1ncc(CCc2cccnc2)c2ccccc12)C1CCCCC1. The first kappa shape index (κ1) is 19.9. The summed E-state index contributed by atoms with van der Waals surface area (Å²) in [5.74, 6) is 1.81. The molecule has 1 aromatic carbocycles. The van der Waals surface area contributed by atoms with E-state index in [-0.39, 0.29) is 0 Å². The molecule has 3 aromatic rings. The molecule has 1 saturated carbocycles. The summed E-state index contributed by atoms with van der Waals surface area (Å²) in [6, 6.07) is 13.7. The second-order valence-corrected chi connectivity index (χ2v) is 8.85. The summed E-state index contributed by atoms with van der Waals surface area (Å²) in [7, 11) is 0. The van der Waals surface area contributed by atoms with Gasteiger partial charge in [0.25, 0.3) is 0 Å². The van der Waals surface area contributed by atoms with Gasteiger partial charge in [-0.15, -0.1) is 0 Å². The van der Waals surface area contributed by atoms with Crippen LogP contribution in [0.4, 0.5) is 5.82 Å². The molecule has 1 aliphatic rings. The van der Waals surface area contributed by atoms with Gasteiger partial charge in [0.2, 0.25) is 0 Å². The quantitative estimate of drug-likeness (QED) is 0.482. The molecule has 0 aliphatic heterocycles. The van der Waals surface area contributed by atoms with Crippen LogP contribution in [0, 0.1) is 5.92 Å². The van der Waals surface area contributed by atoms with Crippen molar-refractivity contribution in [3.63, 3.8) is 0 Å². The molecule has 0 bridgehead atoms. The van der Waals surface area contributed by atoms with Gasteiger partial charge in [-0.3, -0.25) is 4.98 Å². The van der Waals surface area contributed by atoms with E-state index in [1.54, 1.807) is 0 Å². The van der Waals surface area contributed by atoms with Crippen molar-refractivity contribution in [2.45, 2.75) is 64.8 Å². The Morgan fingerprint density at radius 3 is 2.45 bits per heavy atom. The standard InChI is InChI=1S/C26H33N3/c1-20(2)19-29(23-10-4-3-5-11-23)26-25-13-7-6-12-24(25)22(18-28-26)15-14-21-9-8-16-27-17-21/h6-9,12-13,16-18,20,23H,3-5,10-11,14-15,19H2,1-2H3. The van der Waals surface area contributed by atoms with Crippen LogP contribution in [0.2, 0.25) is 0 Å². The summed E-state index contributed by atoms with van der Waals surface area (Å²) in [4.78, 5) is 11.9. The van der Waals surface area contributed by atoms with Gasteiger partial charge >= 0.3 is 0 Å². The third-order valence-corrected chi connectivity index (χ3v) is 6.11. The van der Waals surface area contributed by atoms with Crippen LogP contribution in [-0.2, 0) is 12.8 Å². The average Bonchev–Trinajstić information content (AvgIpc) is 2.77. The zero-order valence-electron chi connectivity index (χ0n) is 17.8. The molecule has 0 saturated heterocycles. The van der Waals surface area contributed by atoms with Crippen LogP contribution in [0.1, 0.15) is 57.1 Å². The highest BCUT2D eigenvalue weighted by Gasteiger charge is 2.24. The zero-order chi connectivity index (χ0) is 20.1. The molecule has 1 fully saturated rings. The van der Waals surface area contributed by atoms with Gasteiger partial charge in [-0.2, -0.15) is 0 Å². The number of rotatable bonds is 7. The first-order valence-electron chi connectivity index (χ1n) is 11.2. The van der Waals surface area contributed by atoms with Crippen molar-refractivity contribution in [1.82, 2.24) is 9.97 Å². The van der Waals surface area contributed by atoms with Crippen LogP contribution in [0.3, 0.4) is 0 Å². The Labute approximate surface area is 175 Å². The van der Waals surface area contributed by atoms with Crippen molar-refractivity contribution in [2.24, 2.45) is 5.92 Å². The maximum Gasteiger partial charge on any atom is 0.136 e. The Balaban J connectivity index is 1.67. The van der Waals surface area contributed by atoms with E-state index in [2.05, 4.69) is 60.3 Å². The lowest BCUT2D eigenvalue weighted by atomic mass is 9.93. The zero-order valence-corrected chi connectivity index (χ0v) is 17.8. The van der Waals surface area contributed by atoms with E-state index in [9.17, 15) is 0 Å². The molecular formula is C26H33N3. The minimum atomic E-state index is 0.628. The lowest BCUT2D eigenvalue weighted by Crippen LogP contribution is -2.40. The lowest BCUT2D eigenvalue weighted by molar-refractivity contribution is 0.400. The highest BCUT2D eigenvalue weighted by molar-refractivity contribution is 5.94. The largest absolute Gasteiger partial charge is 0.353 e. The first-order valence-corrected chi connectivity index (χ1v) is 11.2. The van der Waals surface area contributed by atoms with E-state index >= 15 is 0 Å². The lowest BCUT2D eigenvalue weighted by Gasteiger charge is -2.37. The van der Waals surface area contributed by atoms with Crippen LogP contribution in [0.15, 0.2) is 55.0 Å². The minimum Gasteiger partial charge on any atom is -0.353 e.